The number of nitriles is 1. The molecule has 0 aliphatic rings. The Bertz CT molecular complexity index is 1110. The fourth-order valence-corrected chi connectivity index (χ4v) is 3.09. The zero-order valence-electron chi connectivity index (χ0n) is 14.9. The van der Waals surface area contributed by atoms with Crippen LogP contribution in [-0.4, -0.2) is 19.5 Å². The van der Waals surface area contributed by atoms with Crippen molar-refractivity contribution < 1.29 is 0 Å². The molecule has 0 aliphatic carbocycles. The molecule has 1 N–H and O–H groups in total. The number of nitrogens with one attached hydrogen (secondary N) is 1. The number of hydrogen-bond donors (Lipinski definition) is 1. The zero-order valence-corrected chi connectivity index (χ0v) is 14.9. The Balaban J connectivity index is 1.68. The number of hydrogen-bond acceptors (Lipinski definition) is 5. The van der Waals surface area contributed by atoms with Gasteiger partial charge in [-0.2, -0.15) is 5.26 Å². The summed E-state index contributed by atoms with van der Waals surface area (Å²) in [5.41, 5.74) is 3.43. The van der Waals surface area contributed by atoms with Crippen LogP contribution in [0.3, 0.4) is 0 Å². The lowest BCUT2D eigenvalue weighted by Crippen LogP contribution is -2.12. The minimum absolute atomic E-state index is 0.153. The molecule has 0 fully saturated rings. The molecule has 4 rings (SSSR count). The van der Waals surface area contributed by atoms with E-state index in [1.807, 2.05) is 34.9 Å². The number of nitrogens with zero attached hydrogens (tertiary/aromatic N) is 5. The molecule has 4 aromatic rings. The van der Waals surface area contributed by atoms with Gasteiger partial charge in [0.25, 0.3) is 0 Å². The van der Waals surface area contributed by atoms with Crippen LogP contribution in [0.5, 0.6) is 0 Å². The summed E-state index contributed by atoms with van der Waals surface area (Å²) in [5.74, 6) is 1.35. The minimum atomic E-state index is 0.153. The van der Waals surface area contributed by atoms with Crippen LogP contribution in [0.4, 0.5) is 5.82 Å². The maximum atomic E-state index is 9.16. The van der Waals surface area contributed by atoms with Crippen molar-refractivity contribution in [1.29, 1.82) is 5.26 Å². The summed E-state index contributed by atoms with van der Waals surface area (Å²) in [5, 5.41) is 12.6. The van der Waals surface area contributed by atoms with Crippen LogP contribution in [0.2, 0.25) is 0 Å². The van der Waals surface area contributed by atoms with Gasteiger partial charge in [0.2, 0.25) is 0 Å². The Morgan fingerprint density at radius 1 is 1.15 bits per heavy atom. The van der Waals surface area contributed by atoms with Gasteiger partial charge in [-0.3, -0.25) is 9.55 Å². The third-order valence-electron chi connectivity index (χ3n) is 4.48. The first-order chi connectivity index (χ1) is 13.3. The van der Waals surface area contributed by atoms with Crippen LogP contribution in [-0.2, 0) is 0 Å². The molecule has 0 unspecified atom stereocenters. The maximum absolute atomic E-state index is 9.16. The van der Waals surface area contributed by atoms with Crippen molar-refractivity contribution in [3.05, 3.63) is 78.4 Å². The molecule has 2 aromatic carbocycles. The predicted molar refractivity (Wildman–Crippen MR) is 104 cm³/mol. The first-order valence-corrected chi connectivity index (χ1v) is 8.79. The van der Waals surface area contributed by atoms with Crippen LogP contribution in [0, 0.1) is 11.3 Å². The minimum Gasteiger partial charge on any atom is -0.362 e. The summed E-state index contributed by atoms with van der Waals surface area (Å²) in [7, 11) is 0. The quantitative estimate of drug-likeness (QED) is 0.579. The standard InChI is InChI=1S/C21H18N6/c1-2-17(16-6-4-3-5-7-16)25-20-12-23-13-21(26-20)27-14-24-18-9-8-15(11-22)10-19(18)27/h3-10,12-14,17H,2H2,1H3,(H,25,26)/t17-/m0/s1. The second kappa shape index (κ2) is 7.26. The van der Waals surface area contributed by atoms with Crippen LogP contribution in [0.1, 0.15) is 30.5 Å². The highest BCUT2D eigenvalue weighted by atomic mass is 15.2. The SMILES string of the molecule is CC[C@H](Nc1cncc(-n2cnc3ccc(C#N)cc32)n1)c1ccccc1. The van der Waals surface area contributed by atoms with Crippen molar-refractivity contribution >= 4 is 16.9 Å². The lowest BCUT2D eigenvalue weighted by molar-refractivity contribution is 0.742. The smallest absolute Gasteiger partial charge is 0.159 e. The number of benzene rings is 2. The van der Waals surface area contributed by atoms with Gasteiger partial charge in [-0.05, 0) is 30.2 Å². The Hall–Kier alpha value is -3.72. The largest absolute Gasteiger partial charge is 0.362 e. The second-order valence-corrected chi connectivity index (χ2v) is 6.21. The van der Waals surface area contributed by atoms with Gasteiger partial charge in [0, 0.05) is 0 Å². The molecule has 2 heterocycles. The van der Waals surface area contributed by atoms with Crippen molar-refractivity contribution in [2.45, 2.75) is 19.4 Å². The van der Waals surface area contributed by atoms with Crippen LogP contribution >= 0.6 is 0 Å². The predicted octanol–water partition coefficient (Wildman–Crippen LogP) is 4.25. The van der Waals surface area contributed by atoms with Gasteiger partial charge in [-0.25, -0.2) is 9.97 Å². The number of fused-ring (bicyclic) bond motifs is 1. The number of imidazole rings is 1. The van der Waals surface area contributed by atoms with Gasteiger partial charge >= 0.3 is 0 Å². The first-order valence-electron chi connectivity index (χ1n) is 8.79. The molecule has 27 heavy (non-hydrogen) atoms. The summed E-state index contributed by atoms with van der Waals surface area (Å²) in [6.07, 6.45) is 6.04. The van der Waals surface area contributed by atoms with Crippen LogP contribution in [0.15, 0.2) is 67.3 Å². The molecule has 0 spiro atoms. The summed E-state index contributed by atoms with van der Waals surface area (Å²) in [6, 6.07) is 18.0. The Labute approximate surface area is 157 Å². The average Bonchev–Trinajstić information content (AvgIpc) is 3.16. The summed E-state index contributed by atoms with van der Waals surface area (Å²) in [6.45, 7) is 2.13. The van der Waals surface area contributed by atoms with E-state index in [1.54, 1.807) is 24.8 Å². The zero-order chi connectivity index (χ0) is 18.6. The molecule has 0 amide bonds. The van der Waals surface area contributed by atoms with E-state index in [2.05, 4.69) is 40.4 Å². The normalized spacial score (nSPS) is 11.9. The van der Waals surface area contributed by atoms with Gasteiger partial charge in [-0.15, -0.1) is 0 Å². The third-order valence-corrected chi connectivity index (χ3v) is 4.48. The van der Waals surface area contributed by atoms with Crippen molar-refractivity contribution in [3.8, 4) is 11.9 Å². The van der Waals surface area contributed by atoms with E-state index in [-0.39, 0.29) is 6.04 Å². The Morgan fingerprint density at radius 2 is 2.00 bits per heavy atom. The monoisotopic (exact) mass is 354 g/mol. The lowest BCUT2D eigenvalue weighted by Gasteiger charge is -2.18. The molecule has 6 heteroatoms. The topological polar surface area (TPSA) is 79.4 Å². The molecule has 0 radical (unpaired) electrons. The van der Waals surface area contributed by atoms with E-state index in [9.17, 15) is 0 Å². The highest BCUT2D eigenvalue weighted by Gasteiger charge is 2.12. The van der Waals surface area contributed by atoms with E-state index in [4.69, 9.17) is 10.2 Å². The summed E-state index contributed by atoms with van der Waals surface area (Å²) in [4.78, 5) is 13.4. The Kier molecular flexibility index (Phi) is 4.50. The maximum Gasteiger partial charge on any atom is 0.159 e. The second-order valence-electron chi connectivity index (χ2n) is 6.21. The van der Waals surface area contributed by atoms with Crippen molar-refractivity contribution in [2.24, 2.45) is 0 Å². The fraction of sp³-hybridized carbons (Fsp3) is 0.143. The lowest BCUT2D eigenvalue weighted by atomic mass is 10.1. The number of aromatic nitrogens is 4. The highest BCUT2D eigenvalue weighted by molar-refractivity contribution is 5.78. The van der Waals surface area contributed by atoms with E-state index in [1.165, 1.54) is 5.56 Å². The van der Waals surface area contributed by atoms with Crippen molar-refractivity contribution in [2.75, 3.05) is 5.32 Å². The highest BCUT2D eigenvalue weighted by Crippen LogP contribution is 2.23. The molecule has 0 aliphatic heterocycles. The molecule has 0 saturated carbocycles. The summed E-state index contributed by atoms with van der Waals surface area (Å²) < 4.78 is 1.85. The van der Waals surface area contributed by atoms with E-state index in [0.717, 1.165) is 17.5 Å². The van der Waals surface area contributed by atoms with Gasteiger partial charge in [0.05, 0.1) is 41.1 Å². The van der Waals surface area contributed by atoms with E-state index in [0.29, 0.717) is 17.2 Å². The van der Waals surface area contributed by atoms with Gasteiger partial charge in [0.1, 0.15) is 12.1 Å². The average molecular weight is 354 g/mol. The third kappa shape index (κ3) is 3.35. The molecule has 0 saturated heterocycles. The first kappa shape index (κ1) is 16.7. The molecule has 6 nitrogen and oxygen atoms in total. The van der Waals surface area contributed by atoms with Crippen molar-refractivity contribution in [1.82, 2.24) is 19.5 Å². The van der Waals surface area contributed by atoms with Gasteiger partial charge in [-0.1, -0.05) is 37.3 Å². The number of rotatable bonds is 5. The fourth-order valence-electron chi connectivity index (χ4n) is 3.09. The molecule has 2 aromatic heterocycles. The van der Waals surface area contributed by atoms with Crippen molar-refractivity contribution in [3.63, 3.8) is 0 Å². The molecular weight excluding hydrogens is 336 g/mol. The van der Waals surface area contributed by atoms with E-state index < -0.39 is 0 Å². The number of anilines is 1. The molecular formula is C21H18N6. The van der Waals surface area contributed by atoms with Crippen LogP contribution < -0.4 is 5.32 Å². The van der Waals surface area contributed by atoms with Gasteiger partial charge < -0.3 is 5.32 Å². The molecule has 1 atom stereocenters. The molecule has 132 valence electrons. The van der Waals surface area contributed by atoms with E-state index >= 15 is 0 Å². The Morgan fingerprint density at radius 3 is 2.78 bits per heavy atom. The van der Waals surface area contributed by atoms with Crippen LogP contribution in [0.25, 0.3) is 16.9 Å². The molecule has 0 bridgehead atoms. The van der Waals surface area contributed by atoms with Gasteiger partial charge in [0.15, 0.2) is 5.82 Å². The summed E-state index contributed by atoms with van der Waals surface area (Å²) >= 11 is 0.